The zero-order chi connectivity index (χ0) is 28.6. The van der Waals surface area contributed by atoms with E-state index in [1.165, 1.54) is 14.2 Å². The van der Waals surface area contributed by atoms with Gasteiger partial charge in [0.15, 0.2) is 11.5 Å². The largest absolute Gasteiger partial charge is 0.493 e. The number of nitrogens with zero attached hydrogens (tertiary/aromatic N) is 4. The van der Waals surface area contributed by atoms with E-state index in [4.69, 9.17) is 33.7 Å². The molecule has 0 saturated carbocycles. The van der Waals surface area contributed by atoms with Gasteiger partial charge in [-0.1, -0.05) is 0 Å². The summed E-state index contributed by atoms with van der Waals surface area (Å²) in [5.74, 6) is -3.05. The Morgan fingerprint density at radius 3 is 2.61 bits per heavy atom. The Morgan fingerprint density at radius 1 is 1.25 bits per heavy atom. The number of aromatic nitrogens is 2. The van der Waals surface area contributed by atoms with Crippen molar-refractivity contribution in [3.05, 3.63) is 12.1 Å². The molecule has 0 bridgehead atoms. The predicted octanol–water partition coefficient (Wildman–Crippen LogP) is 1.06. The summed E-state index contributed by atoms with van der Waals surface area (Å²) >= 11 is 0. The molecule has 2 aliphatic rings. The molecular weight excluding hydrogens is 362 g/mol. The molecule has 2 aromatic rings. The Morgan fingerprint density at radius 2 is 1.96 bits per heavy atom. The Labute approximate surface area is 177 Å². The molecule has 4 rings (SSSR count). The van der Waals surface area contributed by atoms with Crippen LogP contribution in [0.1, 0.15) is 26.5 Å². The lowest BCUT2D eigenvalue weighted by Crippen LogP contribution is -2.51. The van der Waals surface area contributed by atoms with Crippen molar-refractivity contribution >= 4 is 28.6 Å². The SMILES string of the molecule is [2H]c1c(OC)c(OC)c([2H])c2c(N)nc(N3C([2H])([2H])C([2H])([2H])N(C(=O)C4CCCO4)C([2H])([2H])C3([2H])[2H])nc12. The fourth-order valence-electron chi connectivity index (χ4n) is 2.78. The number of rotatable bonds is 4. The first kappa shape index (κ1) is 10.1. The summed E-state index contributed by atoms with van der Waals surface area (Å²) < 4.78 is 101. The van der Waals surface area contributed by atoms with E-state index in [1.807, 2.05) is 0 Å². The molecule has 0 radical (unpaired) electrons. The zero-order valence-electron chi connectivity index (χ0n) is 25.2. The maximum Gasteiger partial charge on any atom is 0.251 e. The molecular formula is C19H25N5O4. The number of hydrogen-bond donors (Lipinski definition) is 1. The minimum atomic E-state index is -3.47. The molecule has 2 aliphatic heterocycles. The number of amides is 1. The van der Waals surface area contributed by atoms with Crippen molar-refractivity contribution in [2.45, 2.75) is 18.9 Å². The van der Waals surface area contributed by atoms with Crippen LogP contribution in [0.25, 0.3) is 10.9 Å². The molecule has 9 heteroatoms. The lowest BCUT2D eigenvalue weighted by atomic mass is 10.2. The molecule has 28 heavy (non-hydrogen) atoms. The molecule has 0 spiro atoms. The number of carbonyl (C=O) groups excluding carboxylic acids is 1. The van der Waals surface area contributed by atoms with Crippen molar-refractivity contribution in [3.8, 4) is 11.5 Å². The van der Waals surface area contributed by atoms with E-state index in [9.17, 15) is 4.79 Å². The van der Waals surface area contributed by atoms with Crippen LogP contribution in [0.15, 0.2) is 12.1 Å². The second kappa shape index (κ2) is 7.67. The highest BCUT2D eigenvalue weighted by atomic mass is 16.5. The highest BCUT2D eigenvalue weighted by Crippen LogP contribution is 2.34. The molecule has 2 saturated heterocycles. The van der Waals surface area contributed by atoms with Gasteiger partial charge in [-0.3, -0.25) is 4.79 Å². The number of fused-ring (bicyclic) bond motifs is 1. The summed E-state index contributed by atoms with van der Waals surface area (Å²) in [7, 11) is 2.44. The first-order valence-electron chi connectivity index (χ1n) is 13.4. The maximum atomic E-state index is 13.1. The van der Waals surface area contributed by atoms with Gasteiger partial charge in [0, 0.05) is 44.0 Å². The number of benzene rings is 1. The molecule has 1 amide bonds. The van der Waals surface area contributed by atoms with Crippen molar-refractivity contribution in [1.82, 2.24) is 14.9 Å². The summed E-state index contributed by atoms with van der Waals surface area (Å²) in [6.07, 6.45) is -0.697. The topological polar surface area (TPSA) is 103 Å². The summed E-state index contributed by atoms with van der Waals surface area (Å²) in [6.45, 7) is -13.7. The third-order valence-corrected chi connectivity index (χ3v) is 4.18. The summed E-state index contributed by atoms with van der Waals surface area (Å²) in [6, 6.07) is -0.840. The lowest BCUT2D eigenvalue weighted by Gasteiger charge is -2.35. The van der Waals surface area contributed by atoms with Crippen LogP contribution in [-0.4, -0.2) is 73.7 Å². The van der Waals surface area contributed by atoms with Crippen molar-refractivity contribution in [2.75, 3.05) is 57.4 Å². The van der Waals surface area contributed by atoms with Gasteiger partial charge in [-0.15, -0.1) is 0 Å². The molecule has 1 aromatic carbocycles. The van der Waals surface area contributed by atoms with Crippen molar-refractivity contribution in [2.24, 2.45) is 0 Å². The number of anilines is 2. The van der Waals surface area contributed by atoms with Gasteiger partial charge in [0.05, 0.1) is 33.4 Å². The third-order valence-electron chi connectivity index (χ3n) is 4.18. The van der Waals surface area contributed by atoms with Crippen molar-refractivity contribution in [3.63, 3.8) is 0 Å². The van der Waals surface area contributed by atoms with E-state index >= 15 is 0 Å². The molecule has 3 heterocycles. The molecule has 2 N–H and O–H groups in total. The standard InChI is InChI=1S/C19H25N5O4/c1-26-15-10-12-13(11-16(15)27-2)21-19(22-17(12)20)24-7-5-23(6-8-24)18(25)14-4-3-9-28-14/h10-11,14H,3-9H2,1-2H3,(H2,20,21,22)/i5D2,6D2,7D2,8D2,10D,11D. The minimum absolute atomic E-state index is 0.0227. The number of nitrogen functional groups attached to an aromatic ring is 1. The number of carbonyl (C=O) groups is 1. The fraction of sp³-hybridized carbons (Fsp3) is 0.526. The molecule has 0 aliphatic carbocycles. The van der Waals surface area contributed by atoms with Crippen molar-refractivity contribution < 1.29 is 32.7 Å². The molecule has 9 nitrogen and oxygen atoms in total. The van der Waals surface area contributed by atoms with Gasteiger partial charge in [0.1, 0.15) is 11.9 Å². The van der Waals surface area contributed by atoms with E-state index in [1.54, 1.807) is 0 Å². The number of methoxy groups -OCH3 is 2. The quantitative estimate of drug-likeness (QED) is 0.817. The molecule has 1 atom stereocenters. The Balaban J connectivity index is 1.97. The first-order chi connectivity index (χ1) is 17.5. The van der Waals surface area contributed by atoms with Gasteiger partial charge in [0.2, 0.25) is 5.95 Å². The van der Waals surface area contributed by atoms with Gasteiger partial charge >= 0.3 is 0 Å². The molecule has 150 valence electrons. The third kappa shape index (κ3) is 3.37. The van der Waals surface area contributed by atoms with Crippen LogP contribution in [0.5, 0.6) is 11.5 Å². The van der Waals surface area contributed by atoms with E-state index in [-0.39, 0.29) is 51.3 Å². The lowest BCUT2D eigenvalue weighted by molar-refractivity contribution is -0.141. The Hall–Kier alpha value is -2.81. The smallest absolute Gasteiger partial charge is 0.251 e. The highest BCUT2D eigenvalue weighted by molar-refractivity contribution is 5.91. The van der Waals surface area contributed by atoms with Crippen LogP contribution in [0, 0.1) is 0 Å². The second-order valence-corrected chi connectivity index (χ2v) is 5.91. The van der Waals surface area contributed by atoms with Crippen LogP contribution in [0.2, 0.25) is 0 Å². The zero-order valence-corrected chi connectivity index (χ0v) is 15.2. The second-order valence-electron chi connectivity index (χ2n) is 5.91. The number of hydrogen-bond acceptors (Lipinski definition) is 8. The van der Waals surface area contributed by atoms with Crippen molar-refractivity contribution in [1.29, 1.82) is 0 Å². The Bertz CT molecular complexity index is 1280. The average Bonchev–Trinajstić information content (AvgIpc) is 3.34. The maximum absolute atomic E-state index is 13.1. The first-order valence-corrected chi connectivity index (χ1v) is 8.42. The summed E-state index contributed by atoms with van der Waals surface area (Å²) in [5, 5.41) is -0.198. The van der Waals surface area contributed by atoms with Crippen LogP contribution in [0.3, 0.4) is 0 Å². The van der Waals surface area contributed by atoms with Crippen LogP contribution in [-0.2, 0) is 9.53 Å². The van der Waals surface area contributed by atoms with Crippen LogP contribution in [0.4, 0.5) is 11.8 Å². The number of piperazine rings is 1. The van der Waals surface area contributed by atoms with E-state index < -0.39 is 55.8 Å². The van der Waals surface area contributed by atoms with E-state index in [0.717, 1.165) is 0 Å². The molecule has 1 unspecified atom stereocenters. The van der Waals surface area contributed by atoms with Gasteiger partial charge < -0.3 is 29.7 Å². The minimum Gasteiger partial charge on any atom is -0.493 e. The molecule has 2 fully saturated rings. The van der Waals surface area contributed by atoms with Gasteiger partial charge in [0.25, 0.3) is 5.91 Å². The predicted molar refractivity (Wildman–Crippen MR) is 105 cm³/mol. The van der Waals surface area contributed by atoms with Gasteiger partial charge in [-0.2, -0.15) is 4.98 Å². The van der Waals surface area contributed by atoms with Crippen LogP contribution >= 0.6 is 0 Å². The summed E-state index contributed by atoms with van der Waals surface area (Å²) in [4.78, 5) is 21.0. The number of ether oxygens (including phenoxy) is 3. The van der Waals surface area contributed by atoms with E-state index in [0.29, 0.717) is 6.42 Å². The Kier molecular flexibility index (Phi) is 2.77. The monoisotopic (exact) mass is 397 g/mol. The fourth-order valence-corrected chi connectivity index (χ4v) is 2.78. The summed E-state index contributed by atoms with van der Waals surface area (Å²) in [5.41, 5.74) is 5.65. The van der Waals surface area contributed by atoms with Crippen LogP contribution < -0.4 is 20.1 Å². The highest BCUT2D eigenvalue weighted by Gasteiger charge is 2.31. The number of nitrogens with two attached hydrogens (primary N) is 1. The van der Waals surface area contributed by atoms with Gasteiger partial charge in [-0.05, 0) is 18.9 Å². The molecule has 1 aromatic heterocycles. The van der Waals surface area contributed by atoms with E-state index in [2.05, 4.69) is 9.97 Å². The average molecular weight is 398 g/mol. The van der Waals surface area contributed by atoms with Gasteiger partial charge in [-0.25, -0.2) is 4.98 Å². The normalized spacial score (nSPS) is 32.3.